The van der Waals surface area contributed by atoms with Crippen LogP contribution < -0.4 is 5.73 Å². The molecule has 0 heterocycles. The number of alkyl halides is 3. The number of hydrogen-bond acceptors (Lipinski definition) is 2. The molecule has 2 nitrogen and oxygen atoms in total. The molecule has 5 heteroatoms. The monoisotopic (exact) mass is 219 g/mol. The molecule has 0 amide bonds. The smallest absolute Gasteiger partial charge is 0.387 e. The molecule has 0 radical (unpaired) electrons. The van der Waals surface area contributed by atoms with Crippen LogP contribution in [-0.4, -0.2) is 11.1 Å². The maximum absolute atomic E-state index is 12.5. The van der Waals surface area contributed by atoms with Gasteiger partial charge in [-0.3, -0.25) is 0 Å². The highest BCUT2D eigenvalue weighted by molar-refractivity contribution is 5.32. The van der Waals surface area contributed by atoms with Crippen molar-refractivity contribution < 1.29 is 18.3 Å². The predicted molar refractivity (Wildman–Crippen MR) is 50.1 cm³/mol. The Morgan fingerprint density at radius 3 is 2.27 bits per heavy atom. The highest BCUT2D eigenvalue weighted by Gasteiger charge is 2.35. The number of halogens is 3. The summed E-state index contributed by atoms with van der Waals surface area (Å²) >= 11 is 0. The molecule has 0 spiro atoms. The summed E-state index contributed by atoms with van der Waals surface area (Å²) in [6, 6.07) is 4.14. The lowest BCUT2D eigenvalue weighted by atomic mass is 9.98. The molecule has 84 valence electrons. The van der Waals surface area contributed by atoms with E-state index >= 15 is 0 Å². The van der Waals surface area contributed by atoms with Crippen molar-refractivity contribution in [3.05, 3.63) is 35.4 Å². The molecular weight excluding hydrogens is 207 g/mol. The van der Waals surface area contributed by atoms with Gasteiger partial charge in [-0.15, -0.1) is 0 Å². The van der Waals surface area contributed by atoms with Gasteiger partial charge >= 0.3 is 6.18 Å². The standard InChI is InChI=1S/C10H12F3NO/c1-6(14)9(15)7-4-2-3-5-8(7)10(11,12)13/h2-6,9,15H,14H2,1H3. The third kappa shape index (κ3) is 2.70. The molecule has 0 aliphatic carbocycles. The van der Waals surface area contributed by atoms with E-state index in [0.29, 0.717) is 0 Å². The SMILES string of the molecule is CC(N)C(O)c1ccccc1C(F)(F)F. The Morgan fingerprint density at radius 2 is 1.80 bits per heavy atom. The molecule has 3 N–H and O–H groups in total. The van der Waals surface area contributed by atoms with E-state index in [1.165, 1.54) is 25.1 Å². The second-order valence-electron chi connectivity index (χ2n) is 3.39. The molecule has 0 aromatic heterocycles. The quantitative estimate of drug-likeness (QED) is 0.800. The molecule has 1 rings (SSSR count). The average molecular weight is 219 g/mol. The van der Waals surface area contributed by atoms with Crippen molar-refractivity contribution >= 4 is 0 Å². The fourth-order valence-electron chi connectivity index (χ4n) is 1.30. The number of hydrogen-bond donors (Lipinski definition) is 2. The van der Waals surface area contributed by atoms with Crippen LogP contribution in [0.4, 0.5) is 13.2 Å². The molecule has 2 unspecified atom stereocenters. The van der Waals surface area contributed by atoms with Crippen molar-refractivity contribution in [3.8, 4) is 0 Å². The zero-order valence-electron chi connectivity index (χ0n) is 8.12. The van der Waals surface area contributed by atoms with E-state index in [9.17, 15) is 18.3 Å². The molecule has 0 bridgehead atoms. The summed E-state index contributed by atoms with van der Waals surface area (Å²) in [5.74, 6) is 0. The first-order chi connectivity index (χ1) is 6.84. The second-order valence-corrected chi connectivity index (χ2v) is 3.39. The molecule has 0 saturated carbocycles. The van der Waals surface area contributed by atoms with Gasteiger partial charge in [0.2, 0.25) is 0 Å². The van der Waals surface area contributed by atoms with Gasteiger partial charge in [-0.05, 0) is 18.6 Å². The molecule has 0 saturated heterocycles. The molecule has 0 aliphatic rings. The number of aliphatic hydroxyl groups is 1. The maximum atomic E-state index is 12.5. The van der Waals surface area contributed by atoms with E-state index in [-0.39, 0.29) is 5.56 Å². The van der Waals surface area contributed by atoms with Crippen molar-refractivity contribution in [2.24, 2.45) is 5.73 Å². The first kappa shape index (κ1) is 12.0. The molecule has 1 aromatic rings. The van der Waals surface area contributed by atoms with E-state index in [1.54, 1.807) is 0 Å². The summed E-state index contributed by atoms with van der Waals surface area (Å²) in [6.07, 6.45) is -5.77. The fraction of sp³-hybridized carbons (Fsp3) is 0.400. The third-order valence-electron chi connectivity index (χ3n) is 2.08. The highest BCUT2D eigenvalue weighted by atomic mass is 19.4. The third-order valence-corrected chi connectivity index (χ3v) is 2.08. The van der Waals surface area contributed by atoms with Crippen molar-refractivity contribution in [1.29, 1.82) is 0 Å². The normalized spacial score (nSPS) is 16.1. The Morgan fingerprint density at radius 1 is 1.27 bits per heavy atom. The first-order valence-corrected chi connectivity index (χ1v) is 4.44. The summed E-state index contributed by atoms with van der Waals surface area (Å²) < 4.78 is 37.6. The van der Waals surface area contributed by atoms with Gasteiger partial charge in [0.1, 0.15) is 0 Å². The Labute approximate surface area is 85.5 Å². The van der Waals surface area contributed by atoms with Gasteiger partial charge in [0.05, 0.1) is 11.7 Å². The van der Waals surface area contributed by atoms with Gasteiger partial charge in [0.25, 0.3) is 0 Å². The van der Waals surface area contributed by atoms with Gasteiger partial charge in [-0.25, -0.2) is 0 Å². The maximum Gasteiger partial charge on any atom is 0.416 e. The van der Waals surface area contributed by atoms with Gasteiger partial charge < -0.3 is 10.8 Å². The average Bonchev–Trinajstić information content (AvgIpc) is 2.15. The van der Waals surface area contributed by atoms with Crippen molar-refractivity contribution in [2.45, 2.75) is 25.2 Å². The van der Waals surface area contributed by atoms with Gasteiger partial charge in [-0.2, -0.15) is 13.2 Å². The van der Waals surface area contributed by atoms with Crippen LogP contribution in [0.5, 0.6) is 0 Å². The molecule has 2 atom stereocenters. The summed E-state index contributed by atoms with van der Waals surface area (Å²) in [4.78, 5) is 0. The van der Waals surface area contributed by atoms with Crippen LogP contribution in [0.15, 0.2) is 24.3 Å². The molecule has 15 heavy (non-hydrogen) atoms. The lowest BCUT2D eigenvalue weighted by Gasteiger charge is -2.19. The van der Waals surface area contributed by atoms with Crippen LogP contribution in [0.1, 0.15) is 24.2 Å². The fourth-order valence-corrected chi connectivity index (χ4v) is 1.30. The minimum atomic E-state index is -4.47. The Kier molecular flexibility index (Phi) is 3.36. The largest absolute Gasteiger partial charge is 0.416 e. The van der Waals surface area contributed by atoms with E-state index in [2.05, 4.69) is 0 Å². The van der Waals surface area contributed by atoms with Crippen LogP contribution in [0.3, 0.4) is 0 Å². The van der Waals surface area contributed by atoms with Crippen LogP contribution in [-0.2, 0) is 6.18 Å². The Balaban J connectivity index is 3.18. The molecule has 0 fully saturated rings. The van der Waals surface area contributed by atoms with Crippen LogP contribution >= 0.6 is 0 Å². The molecular formula is C10H12F3NO. The predicted octanol–water partition coefficient (Wildman–Crippen LogP) is 2.09. The van der Waals surface area contributed by atoms with Crippen molar-refractivity contribution in [1.82, 2.24) is 0 Å². The van der Waals surface area contributed by atoms with E-state index < -0.39 is 23.9 Å². The lowest BCUT2D eigenvalue weighted by Crippen LogP contribution is -2.26. The first-order valence-electron chi connectivity index (χ1n) is 4.44. The highest BCUT2D eigenvalue weighted by Crippen LogP contribution is 2.34. The number of rotatable bonds is 2. The van der Waals surface area contributed by atoms with E-state index in [4.69, 9.17) is 5.73 Å². The van der Waals surface area contributed by atoms with Gasteiger partial charge in [0.15, 0.2) is 0 Å². The summed E-state index contributed by atoms with van der Waals surface area (Å²) in [5.41, 5.74) is 4.34. The van der Waals surface area contributed by atoms with Gasteiger partial charge in [-0.1, -0.05) is 18.2 Å². The summed E-state index contributed by atoms with van der Waals surface area (Å²) in [5, 5.41) is 9.52. The lowest BCUT2D eigenvalue weighted by molar-refractivity contribution is -0.139. The molecule has 0 aliphatic heterocycles. The minimum absolute atomic E-state index is 0.181. The van der Waals surface area contributed by atoms with E-state index in [0.717, 1.165) is 6.07 Å². The number of nitrogens with two attached hydrogens (primary N) is 1. The second kappa shape index (κ2) is 4.20. The number of benzene rings is 1. The Hall–Kier alpha value is -1.07. The van der Waals surface area contributed by atoms with Crippen LogP contribution in [0, 0.1) is 0 Å². The molecule has 1 aromatic carbocycles. The zero-order chi connectivity index (χ0) is 11.6. The van der Waals surface area contributed by atoms with E-state index in [1.807, 2.05) is 0 Å². The zero-order valence-corrected chi connectivity index (χ0v) is 8.12. The topological polar surface area (TPSA) is 46.2 Å². The van der Waals surface area contributed by atoms with Gasteiger partial charge in [0, 0.05) is 6.04 Å². The summed E-state index contributed by atoms with van der Waals surface area (Å²) in [7, 11) is 0. The number of aliphatic hydroxyl groups excluding tert-OH is 1. The summed E-state index contributed by atoms with van der Waals surface area (Å²) in [6.45, 7) is 1.46. The van der Waals surface area contributed by atoms with Crippen LogP contribution in [0.2, 0.25) is 0 Å². The minimum Gasteiger partial charge on any atom is -0.387 e. The van der Waals surface area contributed by atoms with Crippen molar-refractivity contribution in [3.63, 3.8) is 0 Å². The Bertz CT molecular complexity index is 336. The van der Waals surface area contributed by atoms with Crippen LogP contribution in [0.25, 0.3) is 0 Å². The van der Waals surface area contributed by atoms with Crippen molar-refractivity contribution in [2.75, 3.05) is 0 Å².